The van der Waals surface area contributed by atoms with Gasteiger partial charge in [0.1, 0.15) is 10.9 Å². The molecular weight excluding hydrogens is 308 g/mol. The summed E-state index contributed by atoms with van der Waals surface area (Å²) < 4.78 is 0. The van der Waals surface area contributed by atoms with Gasteiger partial charge in [-0.05, 0) is 28.0 Å². The van der Waals surface area contributed by atoms with E-state index in [0.717, 1.165) is 5.56 Å². The highest BCUT2D eigenvalue weighted by atomic mass is 32.1. The molecule has 0 bridgehead atoms. The Kier molecular flexibility index (Phi) is 5.19. The van der Waals surface area contributed by atoms with Gasteiger partial charge in [0.25, 0.3) is 5.91 Å². The molecule has 1 aromatic carbocycles. The molecule has 0 saturated heterocycles. The van der Waals surface area contributed by atoms with Gasteiger partial charge in [0.15, 0.2) is 0 Å². The summed E-state index contributed by atoms with van der Waals surface area (Å²) in [5.41, 5.74) is 2.36. The zero-order valence-corrected chi connectivity index (χ0v) is 14.3. The lowest BCUT2D eigenvalue weighted by molar-refractivity contribution is 0.0920. The first-order valence-corrected chi connectivity index (χ1v) is 8.25. The van der Waals surface area contributed by atoms with Gasteiger partial charge in [0, 0.05) is 6.54 Å². The number of aliphatic hydroxyl groups is 1. The third-order valence-electron chi connectivity index (χ3n) is 3.61. The van der Waals surface area contributed by atoms with Gasteiger partial charge in [-0.2, -0.15) is 5.26 Å². The number of hydrogen-bond donors (Lipinski definition) is 2. The number of nitrogens with zero attached hydrogens (tertiary/aromatic N) is 1. The van der Waals surface area contributed by atoms with E-state index in [1.165, 1.54) is 16.9 Å². The van der Waals surface area contributed by atoms with Gasteiger partial charge < -0.3 is 10.4 Å². The second kappa shape index (κ2) is 6.95. The largest absolute Gasteiger partial charge is 0.387 e. The van der Waals surface area contributed by atoms with E-state index in [9.17, 15) is 9.90 Å². The zero-order chi connectivity index (χ0) is 17.0. The van der Waals surface area contributed by atoms with Crippen LogP contribution in [0.3, 0.4) is 0 Å². The van der Waals surface area contributed by atoms with Crippen molar-refractivity contribution in [2.24, 2.45) is 0 Å². The van der Waals surface area contributed by atoms with Crippen LogP contribution in [0.25, 0.3) is 0 Å². The molecule has 1 aromatic heterocycles. The van der Waals surface area contributed by atoms with Gasteiger partial charge in [-0.1, -0.05) is 45.0 Å². The maximum atomic E-state index is 12.0. The minimum absolute atomic E-state index is 0.0601. The second-order valence-corrected chi connectivity index (χ2v) is 7.29. The standard InChI is InChI=1S/C18H20N2O2S/c1-18(2,3)14-6-4-12(5-7-14)15(21)11-20-17(22)16-13(10-19)8-9-23-16/h4-9,15,21H,11H2,1-3H3,(H,20,22). The molecule has 1 heterocycles. The van der Waals surface area contributed by atoms with Crippen LogP contribution in [-0.2, 0) is 5.41 Å². The van der Waals surface area contributed by atoms with E-state index in [4.69, 9.17) is 5.26 Å². The van der Waals surface area contributed by atoms with Crippen LogP contribution in [0.5, 0.6) is 0 Å². The van der Waals surface area contributed by atoms with Crippen LogP contribution in [0.4, 0.5) is 0 Å². The predicted molar refractivity (Wildman–Crippen MR) is 91.5 cm³/mol. The molecule has 2 N–H and O–H groups in total. The maximum absolute atomic E-state index is 12.0. The minimum Gasteiger partial charge on any atom is -0.387 e. The quantitative estimate of drug-likeness (QED) is 0.903. The number of hydrogen-bond acceptors (Lipinski definition) is 4. The first kappa shape index (κ1) is 17.2. The minimum atomic E-state index is -0.779. The smallest absolute Gasteiger partial charge is 0.262 e. The highest BCUT2D eigenvalue weighted by molar-refractivity contribution is 7.12. The van der Waals surface area contributed by atoms with Crippen LogP contribution in [0, 0.1) is 11.3 Å². The number of carbonyl (C=O) groups excluding carboxylic acids is 1. The topological polar surface area (TPSA) is 73.1 Å². The second-order valence-electron chi connectivity index (χ2n) is 6.37. The third kappa shape index (κ3) is 4.19. The molecule has 23 heavy (non-hydrogen) atoms. The Labute approximate surface area is 140 Å². The Morgan fingerprint density at radius 1 is 1.30 bits per heavy atom. The Morgan fingerprint density at radius 3 is 2.52 bits per heavy atom. The zero-order valence-electron chi connectivity index (χ0n) is 13.5. The Balaban J connectivity index is 1.98. The summed E-state index contributed by atoms with van der Waals surface area (Å²) in [4.78, 5) is 12.4. The highest BCUT2D eigenvalue weighted by Crippen LogP contribution is 2.24. The number of benzene rings is 1. The van der Waals surface area contributed by atoms with E-state index in [2.05, 4.69) is 26.1 Å². The average Bonchev–Trinajstić information content (AvgIpc) is 3.00. The van der Waals surface area contributed by atoms with Gasteiger partial charge in [-0.25, -0.2) is 0 Å². The van der Waals surface area contributed by atoms with Crippen LogP contribution in [0.15, 0.2) is 35.7 Å². The fourth-order valence-corrected chi connectivity index (χ4v) is 2.93. The van der Waals surface area contributed by atoms with Crippen LogP contribution >= 0.6 is 11.3 Å². The van der Waals surface area contributed by atoms with Gasteiger partial charge >= 0.3 is 0 Å². The maximum Gasteiger partial charge on any atom is 0.262 e. The van der Waals surface area contributed by atoms with Crippen molar-refractivity contribution in [2.75, 3.05) is 6.54 Å². The summed E-state index contributed by atoms with van der Waals surface area (Å²) in [6.45, 7) is 6.50. The lowest BCUT2D eigenvalue weighted by atomic mass is 9.86. The summed E-state index contributed by atoms with van der Waals surface area (Å²) in [5.74, 6) is -0.332. The van der Waals surface area contributed by atoms with Gasteiger partial charge in [-0.15, -0.1) is 11.3 Å². The molecule has 1 unspecified atom stereocenters. The van der Waals surface area contributed by atoms with Crippen LogP contribution in [0.1, 0.15) is 53.2 Å². The number of aliphatic hydroxyl groups excluding tert-OH is 1. The number of nitrogens with one attached hydrogen (secondary N) is 1. The number of nitriles is 1. The monoisotopic (exact) mass is 328 g/mol. The number of amides is 1. The molecule has 5 heteroatoms. The molecule has 0 spiro atoms. The van der Waals surface area contributed by atoms with Crippen molar-refractivity contribution in [1.29, 1.82) is 5.26 Å². The predicted octanol–water partition coefficient (Wildman–Crippen LogP) is 3.38. The fraction of sp³-hybridized carbons (Fsp3) is 0.333. The molecule has 0 aliphatic heterocycles. The molecule has 4 nitrogen and oxygen atoms in total. The number of carbonyl (C=O) groups is 1. The Hall–Kier alpha value is -2.16. The number of rotatable bonds is 4. The molecule has 0 aliphatic carbocycles. The molecule has 2 aromatic rings. The van der Waals surface area contributed by atoms with Crippen LogP contribution in [0.2, 0.25) is 0 Å². The first-order chi connectivity index (χ1) is 10.8. The summed E-state index contributed by atoms with van der Waals surface area (Å²) >= 11 is 1.22. The SMILES string of the molecule is CC(C)(C)c1ccc(C(O)CNC(=O)c2sccc2C#N)cc1. The van der Waals surface area contributed by atoms with Crippen molar-refractivity contribution in [3.8, 4) is 6.07 Å². The van der Waals surface area contributed by atoms with E-state index < -0.39 is 6.10 Å². The van der Waals surface area contributed by atoms with E-state index in [1.807, 2.05) is 30.3 Å². The van der Waals surface area contributed by atoms with E-state index >= 15 is 0 Å². The van der Waals surface area contributed by atoms with Crippen molar-refractivity contribution >= 4 is 17.2 Å². The summed E-state index contributed by atoms with van der Waals surface area (Å²) in [6, 6.07) is 11.3. The molecular formula is C18H20N2O2S. The van der Waals surface area contributed by atoms with E-state index in [0.29, 0.717) is 10.4 Å². The molecule has 1 amide bonds. The average molecular weight is 328 g/mol. The van der Waals surface area contributed by atoms with Gasteiger partial charge in [-0.3, -0.25) is 4.79 Å². The molecule has 1 atom stereocenters. The van der Waals surface area contributed by atoms with Crippen LogP contribution in [-0.4, -0.2) is 17.6 Å². The van der Waals surface area contributed by atoms with Crippen molar-refractivity contribution in [1.82, 2.24) is 5.32 Å². The first-order valence-electron chi connectivity index (χ1n) is 7.37. The van der Waals surface area contributed by atoms with Crippen molar-refractivity contribution in [3.05, 3.63) is 57.3 Å². The Morgan fingerprint density at radius 2 is 1.96 bits per heavy atom. The molecule has 2 rings (SSSR count). The summed E-state index contributed by atoms with van der Waals surface area (Å²) in [6.07, 6.45) is -0.779. The van der Waals surface area contributed by atoms with E-state index in [1.54, 1.807) is 11.4 Å². The van der Waals surface area contributed by atoms with Crippen molar-refractivity contribution < 1.29 is 9.90 Å². The lowest BCUT2D eigenvalue weighted by Crippen LogP contribution is -2.28. The number of thiophene rings is 1. The van der Waals surface area contributed by atoms with Gasteiger partial charge in [0.05, 0.1) is 11.7 Å². The lowest BCUT2D eigenvalue weighted by Gasteiger charge is -2.20. The molecule has 0 radical (unpaired) electrons. The van der Waals surface area contributed by atoms with Crippen molar-refractivity contribution in [2.45, 2.75) is 32.3 Å². The van der Waals surface area contributed by atoms with E-state index in [-0.39, 0.29) is 17.9 Å². The van der Waals surface area contributed by atoms with Gasteiger partial charge in [0.2, 0.25) is 0 Å². The molecule has 0 fully saturated rings. The summed E-state index contributed by atoms with van der Waals surface area (Å²) in [5, 5.41) is 23.5. The molecule has 0 saturated carbocycles. The van der Waals surface area contributed by atoms with Crippen LogP contribution < -0.4 is 5.32 Å². The molecule has 0 aliphatic rings. The summed E-state index contributed by atoms with van der Waals surface area (Å²) in [7, 11) is 0. The fourth-order valence-electron chi connectivity index (χ4n) is 2.17. The normalized spacial score (nSPS) is 12.5. The Bertz CT molecular complexity index is 721. The highest BCUT2D eigenvalue weighted by Gasteiger charge is 2.17. The molecule has 120 valence electrons. The third-order valence-corrected chi connectivity index (χ3v) is 4.52. The van der Waals surface area contributed by atoms with Crippen molar-refractivity contribution in [3.63, 3.8) is 0 Å².